The minimum atomic E-state index is -3.15. The number of hydrogen-bond donors (Lipinski definition) is 1. The van der Waals surface area contributed by atoms with Crippen LogP contribution in [0.25, 0.3) is 0 Å². The molecule has 4 nitrogen and oxygen atoms in total. The molecule has 0 heterocycles. The lowest BCUT2D eigenvalue weighted by molar-refractivity contribution is 0.576. The molecule has 82 valence electrons. The van der Waals surface area contributed by atoms with E-state index in [9.17, 15) is 8.42 Å². The molecule has 0 bridgehead atoms. The van der Waals surface area contributed by atoms with Crippen molar-refractivity contribution in [2.24, 2.45) is 0 Å². The first-order chi connectivity index (χ1) is 6.62. The zero-order chi connectivity index (χ0) is 10.9. The van der Waals surface area contributed by atoms with Gasteiger partial charge in [0, 0.05) is 18.8 Å². The Morgan fingerprint density at radius 3 is 2.57 bits per heavy atom. The van der Waals surface area contributed by atoms with E-state index >= 15 is 0 Å². The fraction of sp³-hybridized carbons (Fsp3) is 0.875. The zero-order valence-electron chi connectivity index (χ0n) is 8.00. The van der Waals surface area contributed by atoms with Gasteiger partial charge < -0.3 is 0 Å². The highest BCUT2D eigenvalue weighted by atomic mass is 35.5. The molecule has 0 rings (SSSR count). The summed E-state index contributed by atoms with van der Waals surface area (Å²) in [5.41, 5.74) is 0. The van der Waals surface area contributed by atoms with Gasteiger partial charge in [0.25, 0.3) is 0 Å². The molecule has 1 N–H and O–H groups in total. The number of nitriles is 1. The van der Waals surface area contributed by atoms with Crippen LogP contribution in [-0.4, -0.2) is 26.6 Å². The monoisotopic (exact) mass is 238 g/mol. The van der Waals surface area contributed by atoms with Crippen molar-refractivity contribution in [3.8, 4) is 6.07 Å². The molecule has 0 aromatic rings. The fourth-order valence-corrected chi connectivity index (χ4v) is 2.29. The van der Waals surface area contributed by atoms with Gasteiger partial charge in [-0.3, -0.25) is 0 Å². The first kappa shape index (κ1) is 13.7. The highest BCUT2D eigenvalue weighted by molar-refractivity contribution is 7.89. The Bertz CT molecular complexity index is 272. The Kier molecular flexibility index (Phi) is 7.86. The second kappa shape index (κ2) is 8.04. The molecule has 0 fully saturated rings. The molecular weight excluding hydrogens is 224 g/mol. The van der Waals surface area contributed by atoms with Crippen molar-refractivity contribution in [1.29, 1.82) is 5.26 Å². The zero-order valence-corrected chi connectivity index (χ0v) is 9.57. The van der Waals surface area contributed by atoms with Crippen LogP contribution in [0, 0.1) is 11.3 Å². The van der Waals surface area contributed by atoms with Gasteiger partial charge in [-0.2, -0.15) is 5.26 Å². The molecule has 0 unspecified atom stereocenters. The highest BCUT2D eigenvalue weighted by Gasteiger charge is 2.07. The van der Waals surface area contributed by atoms with E-state index in [4.69, 9.17) is 16.9 Å². The molecule has 0 aliphatic rings. The molecular formula is C8H15ClN2O2S. The van der Waals surface area contributed by atoms with Gasteiger partial charge >= 0.3 is 0 Å². The van der Waals surface area contributed by atoms with Gasteiger partial charge in [0.05, 0.1) is 11.8 Å². The van der Waals surface area contributed by atoms with Crippen molar-refractivity contribution < 1.29 is 8.42 Å². The van der Waals surface area contributed by atoms with Crippen LogP contribution in [0.3, 0.4) is 0 Å². The van der Waals surface area contributed by atoms with Crippen LogP contribution >= 0.6 is 11.6 Å². The number of nitrogens with one attached hydrogen (secondary N) is 1. The molecule has 0 amide bonds. The van der Waals surface area contributed by atoms with Gasteiger partial charge in [-0.25, -0.2) is 13.1 Å². The van der Waals surface area contributed by atoms with Crippen LogP contribution < -0.4 is 4.72 Å². The third-order valence-electron chi connectivity index (χ3n) is 1.58. The lowest BCUT2D eigenvalue weighted by Crippen LogP contribution is -2.27. The Hall–Kier alpha value is -0.310. The van der Waals surface area contributed by atoms with Gasteiger partial charge in [0.2, 0.25) is 10.0 Å². The van der Waals surface area contributed by atoms with E-state index in [1.807, 2.05) is 6.07 Å². The summed E-state index contributed by atoms with van der Waals surface area (Å²) in [6, 6.07) is 2.00. The summed E-state index contributed by atoms with van der Waals surface area (Å²) in [6.45, 7) is 0.409. The number of rotatable bonds is 8. The van der Waals surface area contributed by atoms with Gasteiger partial charge in [0.15, 0.2) is 0 Å². The summed E-state index contributed by atoms with van der Waals surface area (Å²) in [4.78, 5) is 0. The first-order valence-corrected chi connectivity index (χ1v) is 6.71. The number of halogens is 1. The molecule has 0 aromatic heterocycles. The average Bonchev–Trinajstić information content (AvgIpc) is 2.15. The van der Waals surface area contributed by atoms with Crippen LogP contribution in [0.15, 0.2) is 0 Å². The van der Waals surface area contributed by atoms with Gasteiger partial charge in [-0.1, -0.05) is 0 Å². The summed E-state index contributed by atoms with van der Waals surface area (Å²) in [6.07, 6.45) is 2.38. The predicted octanol–water partition coefficient (Wildman–Crippen LogP) is 1.23. The van der Waals surface area contributed by atoms with E-state index in [2.05, 4.69) is 4.72 Å². The topological polar surface area (TPSA) is 70.0 Å². The minimum Gasteiger partial charge on any atom is -0.215 e. The Morgan fingerprint density at radius 2 is 2.00 bits per heavy atom. The molecule has 0 atom stereocenters. The van der Waals surface area contributed by atoms with E-state index in [-0.39, 0.29) is 5.75 Å². The van der Waals surface area contributed by atoms with Crippen LogP contribution in [0.1, 0.15) is 25.7 Å². The number of hydrogen-bond acceptors (Lipinski definition) is 3. The molecule has 0 aliphatic carbocycles. The third-order valence-corrected chi connectivity index (χ3v) is 3.32. The number of sulfonamides is 1. The van der Waals surface area contributed by atoms with Crippen molar-refractivity contribution in [2.45, 2.75) is 25.7 Å². The quantitative estimate of drug-likeness (QED) is 0.511. The molecule has 0 spiro atoms. The number of nitrogens with zero attached hydrogens (tertiary/aromatic N) is 1. The summed E-state index contributed by atoms with van der Waals surface area (Å²) in [7, 11) is -3.15. The van der Waals surface area contributed by atoms with E-state index in [1.165, 1.54) is 0 Å². The molecule has 0 radical (unpaired) electrons. The summed E-state index contributed by atoms with van der Waals surface area (Å²) >= 11 is 5.38. The predicted molar refractivity (Wildman–Crippen MR) is 56.6 cm³/mol. The average molecular weight is 239 g/mol. The van der Waals surface area contributed by atoms with E-state index in [0.717, 1.165) is 6.42 Å². The lowest BCUT2D eigenvalue weighted by Gasteiger charge is -2.04. The summed E-state index contributed by atoms with van der Waals surface area (Å²) in [5.74, 6) is 0.435. The molecule has 14 heavy (non-hydrogen) atoms. The maximum atomic E-state index is 11.2. The number of unbranched alkanes of at least 4 members (excludes halogenated alkanes) is 2. The summed E-state index contributed by atoms with van der Waals surface area (Å²) in [5, 5.41) is 8.24. The van der Waals surface area contributed by atoms with Crippen molar-refractivity contribution in [3.05, 3.63) is 0 Å². The summed E-state index contributed by atoms with van der Waals surface area (Å²) < 4.78 is 24.8. The van der Waals surface area contributed by atoms with Crippen molar-refractivity contribution in [3.63, 3.8) is 0 Å². The van der Waals surface area contributed by atoms with E-state index in [0.29, 0.717) is 31.7 Å². The molecule has 0 aromatic carbocycles. The van der Waals surface area contributed by atoms with E-state index < -0.39 is 10.0 Å². The molecule has 0 aliphatic heterocycles. The third kappa shape index (κ3) is 8.30. The smallest absolute Gasteiger partial charge is 0.211 e. The Labute approximate surface area is 90.3 Å². The van der Waals surface area contributed by atoms with Crippen molar-refractivity contribution in [1.82, 2.24) is 4.72 Å². The first-order valence-electron chi connectivity index (χ1n) is 4.52. The molecule has 6 heteroatoms. The van der Waals surface area contributed by atoms with Crippen molar-refractivity contribution >= 4 is 21.6 Å². The molecule has 0 saturated heterocycles. The second-order valence-corrected chi connectivity index (χ2v) is 5.18. The van der Waals surface area contributed by atoms with Crippen LogP contribution in [-0.2, 0) is 10.0 Å². The normalized spacial score (nSPS) is 11.1. The largest absolute Gasteiger partial charge is 0.215 e. The van der Waals surface area contributed by atoms with Gasteiger partial charge in [0.1, 0.15) is 0 Å². The lowest BCUT2D eigenvalue weighted by atomic mass is 10.2. The highest BCUT2D eigenvalue weighted by Crippen LogP contribution is 1.95. The second-order valence-electron chi connectivity index (χ2n) is 2.87. The minimum absolute atomic E-state index is 0.0781. The van der Waals surface area contributed by atoms with Crippen LogP contribution in [0.4, 0.5) is 0 Å². The fourth-order valence-electron chi connectivity index (χ4n) is 0.873. The Balaban J connectivity index is 3.52. The van der Waals surface area contributed by atoms with Crippen LogP contribution in [0.2, 0.25) is 0 Å². The SMILES string of the molecule is N#CCCCCNS(=O)(=O)CCCCl. The van der Waals surface area contributed by atoms with Crippen LogP contribution in [0.5, 0.6) is 0 Å². The molecule has 0 saturated carbocycles. The Morgan fingerprint density at radius 1 is 1.29 bits per heavy atom. The standard InChI is InChI=1S/C8H15ClN2O2S/c9-5-4-8-14(12,13)11-7-3-1-2-6-10/h11H,1-5,7-8H2. The van der Waals surface area contributed by atoms with Gasteiger partial charge in [-0.15, -0.1) is 11.6 Å². The maximum Gasteiger partial charge on any atom is 0.211 e. The van der Waals surface area contributed by atoms with E-state index in [1.54, 1.807) is 0 Å². The van der Waals surface area contributed by atoms with Gasteiger partial charge in [-0.05, 0) is 19.3 Å². The number of alkyl halides is 1. The van der Waals surface area contributed by atoms with Crippen molar-refractivity contribution in [2.75, 3.05) is 18.2 Å². The maximum absolute atomic E-state index is 11.2.